The highest BCUT2D eigenvalue weighted by Crippen LogP contribution is 2.21. The van der Waals surface area contributed by atoms with Gasteiger partial charge in [-0.3, -0.25) is 4.98 Å². The molecular formula is C14H15N5. The zero-order chi connectivity index (χ0) is 13.8. The molecule has 5 nitrogen and oxygen atoms in total. The summed E-state index contributed by atoms with van der Waals surface area (Å²) in [5.41, 5.74) is 8.79. The van der Waals surface area contributed by atoms with E-state index in [-0.39, 0.29) is 0 Å². The summed E-state index contributed by atoms with van der Waals surface area (Å²) in [5, 5.41) is 8.79. The predicted octanol–water partition coefficient (Wildman–Crippen LogP) is 1.88. The Morgan fingerprint density at radius 1 is 1.42 bits per heavy atom. The maximum atomic E-state index is 8.79. The number of hydrogen-bond acceptors (Lipinski definition) is 5. The van der Waals surface area contributed by atoms with Gasteiger partial charge < -0.3 is 10.6 Å². The van der Waals surface area contributed by atoms with Crippen LogP contribution >= 0.6 is 0 Å². The van der Waals surface area contributed by atoms with Crippen molar-refractivity contribution in [3.05, 3.63) is 47.4 Å². The van der Waals surface area contributed by atoms with Crippen molar-refractivity contribution in [2.45, 2.75) is 13.5 Å². The lowest BCUT2D eigenvalue weighted by atomic mass is 10.2. The van der Waals surface area contributed by atoms with Crippen LogP contribution < -0.4 is 10.6 Å². The Kier molecular flexibility index (Phi) is 3.62. The molecule has 2 aromatic heterocycles. The normalized spacial score (nSPS) is 9.95. The van der Waals surface area contributed by atoms with Gasteiger partial charge in [0.1, 0.15) is 6.07 Å². The summed E-state index contributed by atoms with van der Waals surface area (Å²) < 4.78 is 0. The molecule has 0 aliphatic carbocycles. The third-order valence-electron chi connectivity index (χ3n) is 2.73. The van der Waals surface area contributed by atoms with Crippen LogP contribution in [0.15, 0.2) is 30.5 Å². The summed E-state index contributed by atoms with van der Waals surface area (Å²) >= 11 is 0. The van der Waals surface area contributed by atoms with Crippen molar-refractivity contribution in [2.75, 3.05) is 17.7 Å². The van der Waals surface area contributed by atoms with Crippen molar-refractivity contribution >= 4 is 11.5 Å². The molecule has 2 aromatic rings. The van der Waals surface area contributed by atoms with Gasteiger partial charge >= 0.3 is 0 Å². The third-order valence-corrected chi connectivity index (χ3v) is 2.73. The molecule has 0 spiro atoms. The standard InChI is InChI=1S/C14H15N5/c1-10-4-3-5-12(18-10)9-19(2)14-13(16)6-11(7-15)8-17-14/h3-6,8H,9,16H2,1-2H3. The fourth-order valence-electron chi connectivity index (χ4n) is 1.86. The summed E-state index contributed by atoms with van der Waals surface area (Å²) in [6.07, 6.45) is 1.52. The van der Waals surface area contributed by atoms with Gasteiger partial charge in [0.05, 0.1) is 23.5 Å². The topological polar surface area (TPSA) is 78.8 Å². The fraction of sp³-hybridized carbons (Fsp3) is 0.214. The van der Waals surface area contributed by atoms with Gasteiger partial charge in [-0.15, -0.1) is 0 Å². The van der Waals surface area contributed by atoms with Crippen LogP contribution in [0.1, 0.15) is 17.0 Å². The van der Waals surface area contributed by atoms with Gasteiger partial charge in [0, 0.05) is 18.9 Å². The van der Waals surface area contributed by atoms with Gasteiger partial charge in [-0.25, -0.2) is 4.98 Å². The minimum absolute atomic E-state index is 0.461. The van der Waals surface area contributed by atoms with E-state index in [9.17, 15) is 0 Å². The van der Waals surface area contributed by atoms with Crippen LogP contribution in [-0.2, 0) is 6.54 Å². The number of pyridine rings is 2. The Morgan fingerprint density at radius 3 is 2.84 bits per heavy atom. The monoisotopic (exact) mass is 253 g/mol. The van der Waals surface area contributed by atoms with Gasteiger partial charge in [0.25, 0.3) is 0 Å². The maximum Gasteiger partial charge on any atom is 0.151 e. The molecule has 2 heterocycles. The second kappa shape index (κ2) is 5.36. The summed E-state index contributed by atoms with van der Waals surface area (Å²) in [5.74, 6) is 0.655. The van der Waals surface area contributed by atoms with Gasteiger partial charge in [-0.2, -0.15) is 5.26 Å². The van der Waals surface area contributed by atoms with Crippen molar-refractivity contribution in [1.29, 1.82) is 5.26 Å². The first-order valence-electron chi connectivity index (χ1n) is 5.89. The van der Waals surface area contributed by atoms with E-state index in [2.05, 4.69) is 9.97 Å². The van der Waals surface area contributed by atoms with Crippen molar-refractivity contribution in [1.82, 2.24) is 9.97 Å². The van der Waals surface area contributed by atoms with Crippen LogP contribution in [0.5, 0.6) is 0 Å². The first-order valence-corrected chi connectivity index (χ1v) is 5.89. The van der Waals surface area contributed by atoms with Crippen molar-refractivity contribution in [3.63, 3.8) is 0 Å². The molecule has 5 heteroatoms. The zero-order valence-electron chi connectivity index (χ0n) is 11.0. The molecule has 0 aliphatic rings. The number of nitrogens with two attached hydrogens (primary N) is 1. The predicted molar refractivity (Wildman–Crippen MR) is 74.4 cm³/mol. The Bertz CT molecular complexity index is 630. The molecule has 0 fully saturated rings. The van der Waals surface area contributed by atoms with Gasteiger partial charge in [0.15, 0.2) is 5.82 Å². The highest BCUT2D eigenvalue weighted by Gasteiger charge is 2.09. The summed E-state index contributed by atoms with van der Waals surface area (Å²) in [4.78, 5) is 10.6. The molecule has 0 amide bonds. The first-order chi connectivity index (χ1) is 9.10. The Morgan fingerprint density at radius 2 is 2.21 bits per heavy atom. The van der Waals surface area contributed by atoms with E-state index in [1.165, 1.54) is 6.20 Å². The van der Waals surface area contributed by atoms with Crippen LogP contribution in [0, 0.1) is 18.3 Å². The van der Waals surface area contributed by atoms with E-state index >= 15 is 0 Å². The van der Waals surface area contributed by atoms with Crippen LogP contribution in [-0.4, -0.2) is 17.0 Å². The second-order valence-electron chi connectivity index (χ2n) is 4.37. The van der Waals surface area contributed by atoms with E-state index in [4.69, 9.17) is 11.0 Å². The molecule has 19 heavy (non-hydrogen) atoms. The van der Waals surface area contributed by atoms with E-state index < -0.39 is 0 Å². The Hall–Kier alpha value is -2.61. The minimum atomic E-state index is 0.461. The molecular weight excluding hydrogens is 238 g/mol. The number of anilines is 2. The lowest BCUT2D eigenvalue weighted by molar-refractivity contribution is 0.860. The maximum absolute atomic E-state index is 8.79. The third kappa shape index (κ3) is 2.99. The molecule has 96 valence electrons. The second-order valence-corrected chi connectivity index (χ2v) is 4.37. The first kappa shape index (κ1) is 12.8. The van der Waals surface area contributed by atoms with Crippen molar-refractivity contribution in [2.24, 2.45) is 0 Å². The number of aryl methyl sites for hydroxylation is 1. The molecule has 2 rings (SSSR count). The van der Waals surface area contributed by atoms with E-state index in [1.807, 2.05) is 43.1 Å². The molecule has 2 N–H and O–H groups in total. The summed E-state index contributed by atoms with van der Waals surface area (Å²) in [7, 11) is 1.90. The number of hydrogen-bond donors (Lipinski definition) is 1. The quantitative estimate of drug-likeness (QED) is 0.903. The molecule has 0 saturated heterocycles. The lowest BCUT2D eigenvalue weighted by Crippen LogP contribution is -2.20. The highest BCUT2D eigenvalue weighted by atomic mass is 15.2. The fourth-order valence-corrected chi connectivity index (χ4v) is 1.86. The number of nitriles is 1. The smallest absolute Gasteiger partial charge is 0.151 e. The molecule has 0 aliphatic heterocycles. The largest absolute Gasteiger partial charge is 0.396 e. The Balaban J connectivity index is 2.21. The van der Waals surface area contributed by atoms with E-state index in [0.29, 0.717) is 23.6 Å². The number of nitrogen functional groups attached to an aromatic ring is 1. The molecule has 0 atom stereocenters. The molecule has 0 unspecified atom stereocenters. The van der Waals surface area contributed by atoms with Crippen molar-refractivity contribution in [3.8, 4) is 6.07 Å². The summed E-state index contributed by atoms with van der Waals surface area (Å²) in [6.45, 7) is 2.57. The zero-order valence-corrected chi connectivity index (χ0v) is 11.0. The summed E-state index contributed by atoms with van der Waals surface area (Å²) in [6, 6.07) is 9.54. The Labute approximate surface area is 112 Å². The van der Waals surface area contributed by atoms with Crippen LogP contribution in [0.3, 0.4) is 0 Å². The molecule has 0 aromatic carbocycles. The van der Waals surface area contributed by atoms with Crippen LogP contribution in [0.4, 0.5) is 11.5 Å². The highest BCUT2D eigenvalue weighted by molar-refractivity contribution is 5.64. The van der Waals surface area contributed by atoms with Gasteiger partial charge in [-0.05, 0) is 25.1 Å². The van der Waals surface area contributed by atoms with Crippen molar-refractivity contribution < 1.29 is 0 Å². The molecule has 0 bridgehead atoms. The van der Waals surface area contributed by atoms with Gasteiger partial charge in [-0.1, -0.05) is 6.07 Å². The number of rotatable bonds is 3. The van der Waals surface area contributed by atoms with E-state index in [0.717, 1.165) is 11.4 Å². The SMILES string of the molecule is Cc1cccc(CN(C)c2ncc(C#N)cc2N)n1. The number of nitrogens with zero attached hydrogens (tertiary/aromatic N) is 4. The molecule has 0 saturated carbocycles. The average Bonchev–Trinajstić information content (AvgIpc) is 2.38. The minimum Gasteiger partial charge on any atom is -0.396 e. The van der Waals surface area contributed by atoms with E-state index in [1.54, 1.807) is 6.07 Å². The number of aromatic nitrogens is 2. The lowest BCUT2D eigenvalue weighted by Gasteiger charge is -2.19. The average molecular weight is 253 g/mol. The van der Waals surface area contributed by atoms with Crippen LogP contribution in [0.2, 0.25) is 0 Å². The van der Waals surface area contributed by atoms with Crippen LogP contribution in [0.25, 0.3) is 0 Å². The molecule has 0 radical (unpaired) electrons. The van der Waals surface area contributed by atoms with Gasteiger partial charge in [0.2, 0.25) is 0 Å².